The number of nitrogens with one attached hydrogen (secondary N) is 1. The third-order valence-electron chi connectivity index (χ3n) is 4.52. The number of aryl methyl sites for hydroxylation is 1. The smallest absolute Gasteiger partial charge is 0.205 e. The summed E-state index contributed by atoms with van der Waals surface area (Å²) in [6, 6.07) is 12.8. The number of carbonyl (C=O) groups excluding carboxylic acids is 1. The molecule has 1 aromatic heterocycles. The summed E-state index contributed by atoms with van der Waals surface area (Å²) >= 11 is 0. The van der Waals surface area contributed by atoms with Crippen molar-refractivity contribution < 1.29 is 19.0 Å². The van der Waals surface area contributed by atoms with E-state index < -0.39 is 0 Å². The van der Waals surface area contributed by atoms with E-state index in [1.165, 1.54) is 27.4 Å². The van der Waals surface area contributed by atoms with Gasteiger partial charge in [0, 0.05) is 28.2 Å². The molecule has 0 spiro atoms. The Hall–Kier alpha value is -3.72. The molecule has 142 valence electrons. The number of ketones is 1. The molecule has 1 N–H and O–H groups in total. The average molecular weight is 376 g/mol. The van der Waals surface area contributed by atoms with E-state index in [1.807, 2.05) is 37.3 Å². The molecule has 0 saturated heterocycles. The number of nitrogens with zero attached hydrogens (tertiary/aromatic N) is 1. The number of fused-ring (bicyclic) bond motifs is 1. The molecule has 0 fully saturated rings. The highest BCUT2D eigenvalue weighted by Crippen LogP contribution is 2.36. The fourth-order valence-corrected chi connectivity index (χ4v) is 3.17. The first-order valence-corrected chi connectivity index (χ1v) is 8.57. The highest BCUT2D eigenvalue weighted by molar-refractivity contribution is 6.20. The molecular weight excluding hydrogens is 356 g/mol. The summed E-state index contributed by atoms with van der Waals surface area (Å²) in [4.78, 5) is 16.3. The molecule has 6 heteroatoms. The highest BCUT2D eigenvalue weighted by atomic mass is 16.5. The van der Waals surface area contributed by atoms with Crippen molar-refractivity contribution in [3.8, 4) is 23.3 Å². The summed E-state index contributed by atoms with van der Waals surface area (Å²) in [7, 11) is 4.55. The lowest BCUT2D eigenvalue weighted by atomic mass is 9.99. The zero-order valence-electron chi connectivity index (χ0n) is 16.1. The van der Waals surface area contributed by atoms with E-state index in [9.17, 15) is 10.1 Å². The number of aromatic nitrogens is 1. The lowest BCUT2D eigenvalue weighted by Crippen LogP contribution is -2.04. The monoisotopic (exact) mass is 376 g/mol. The molecule has 0 atom stereocenters. The fraction of sp³-hybridized carbons (Fsp3) is 0.182. The minimum atomic E-state index is -0.353. The van der Waals surface area contributed by atoms with Gasteiger partial charge in [-0.2, -0.15) is 5.26 Å². The number of benzene rings is 2. The minimum Gasteiger partial charge on any atom is -0.496 e. The first-order chi connectivity index (χ1) is 13.5. The normalized spacial score (nSPS) is 11.2. The summed E-state index contributed by atoms with van der Waals surface area (Å²) in [5.41, 5.74) is 2.60. The van der Waals surface area contributed by atoms with Crippen LogP contribution in [0.15, 0.2) is 42.0 Å². The van der Waals surface area contributed by atoms with E-state index in [2.05, 4.69) is 4.98 Å². The van der Waals surface area contributed by atoms with Gasteiger partial charge in [0.15, 0.2) is 11.5 Å². The molecule has 0 unspecified atom stereocenters. The van der Waals surface area contributed by atoms with Crippen LogP contribution in [-0.2, 0) is 0 Å². The van der Waals surface area contributed by atoms with Gasteiger partial charge >= 0.3 is 0 Å². The predicted molar refractivity (Wildman–Crippen MR) is 107 cm³/mol. The molecule has 1 heterocycles. The Balaban J connectivity index is 2.13. The van der Waals surface area contributed by atoms with Crippen LogP contribution in [0.2, 0.25) is 0 Å². The van der Waals surface area contributed by atoms with Gasteiger partial charge < -0.3 is 19.2 Å². The summed E-state index contributed by atoms with van der Waals surface area (Å²) in [6.07, 6.45) is 1.50. The third-order valence-corrected chi connectivity index (χ3v) is 4.52. The van der Waals surface area contributed by atoms with Crippen LogP contribution >= 0.6 is 0 Å². The van der Waals surface area contributed by atoms with Gasteiger partial charge in [-0.3, -0.25) is 4.79 Å². The first kappa shape index (κ1) is 19.1. The maximum absolute atomic E-state index is 13.1. The maximum atomic E-state index is 13.1. The van der Waals surface area contributed by atoms with Gasteiger partial charge in [-0.15, -0.1) is 0 Å². The van der Waals surface area contributed by atoms with Gasteiger partial charge in [0.05, 0.1) is 26.9 Å². The van der Waals surface area contributed by atoms with Crippen molar-refractivity contribution >= 4 is 22.8 Å². The van der Waals surface area contributed by atoms with Crippen molar-refractivity contribution in [2.24, 2.45) is 0 Å². The predicted octanol–water partition coefficient (Wildman–Crippen LogP) is 4.29. The number of para-hydroxylation sites is 1. The quantitative estimate of drug-likeness (QED) is 0.394. The van der Waals surface area contributed by atoms with Crippen LogP contribution in [-0.4, -0.2) is 32.1 Å². The number of hydrogen-bond acceptors (Lipinski definition) is 5. The van der Waals surface area contributed by atoms with Gasteiger partial charge in [0.2, 0.25) is 5.78 Å². The molecule has 0 amide bonds. The van der Waals surface area contributed by atoms with E-state index in [4.69, 9.17) is 14.2 Å². The Morgan fingerprint density at radius 3 is 2.32 bits per heavy atom. The number of nitriles is 1. The van der Waals surface area contributed by atoms with E-state index in [0.29, 0.717) is 34.1 Å². The van der Waals surface area contributed by atoms with Crippen molar-refractivity contribution in [3.05, 3.63) is 58.8 Å². The van der Waals surface area contributed by atoms with Crippen LogP contribution in [0.5, 0.6) is 17.2 Å². The molecule has 3 aromatic rings. The SMILES string of the molecule is COc1cc(OC)c(OC)cc1C=C(C#N)C(=O)c1c(C)[nH]c2ccccc12. The number of methoxy groups -OCH3 is 3. The Labute approximate surface area is 163 Å². The summed E-state index contributed by atoms with van der Waals surface area (Å²) in [5.74, 6) is 1.08. The van der Waals surface area contributed by atoms with Gasteiger partial charge in [-0.25, -0.2) is 0 Å². The van der Waals surface area contributed by atoms with Gasteiger partial charge in [0.25, 0.3) is 0 Å². The second-order valence-corrected chi connectivity index (χ2v) is 6.12. The molecule has 0 radical (unpaired) electrons. The third kappa shape index (κ3) is 3.30. The number of Topliss-reactive ketones (excluding diaryl/α,β-unsaturated/α-hetero) is 1. The fourth-order valence-electron chi connectivity index (χ4n) is 3.17. The topological polar surface area (TPSA) is 84.3 Å². The Kier molecular flexibility index (Phi) is 5.37. The summed E-state index contributed by atoms with van der Waals surface area (Å²) in [6.45, 7) is 1.82. The van der Waals surface area contributed by atoms with E-state index in [-0.39, 0.29) is 11.4 Å². The summed E-state index contributed by atoms with van der Waals surface area (Å²) in [5, 5.41) is 10.4. The van der Waals surface area contributed by atoms with Crippen molar-refractivity contribution in [1.29, 1.82) is 5.26 Å². The van der Waals surface area contributed by atoms with Crippen molar-refractivity contribution in [2.75, 3.05) is 21.3 Å². The zero-order valence-corrected chi connectivity index (χ0v) is 16.1. The van der Waals surface area contributed by atoms with Gasteiger partial charge in [0.1, 0.15) is 17.4 Å². The molecule has 0 bridgehead atoms. The molecule has 2 aromatic carbocycles. The highest BCUT2D eigenvalue weighted by Gasteiger charge is 2.21. The molecule has 28 heavy (non-hydrogen) atoms. The lowest BCUT2D eigenvalue weighted by molar-refractivity contribution is 0.104. The maximum Gasteiger partial charge on any atom is 0.205 e. The van der Waals surface area contributed by atoms with Crippen LogP contribution in [0.25, 0.3) is 17.0 Å². The Morgan fingerprint density at radius 2 is 1.68 bits per heavy atom. The molecule has 3 rings (SSSR count). The lowest BCUT2D eigenvalue weighted by Gasteiger charge is -2.12. The number of allylic oxidation sites excluding steroid dienone is 1. The molecule has 0 aliphatic carbocycles. The van der Waals surface area contributed by atoms with Crippen molar-refractivity contribution in [3.63, 3.8) is 0 Å². The molecule has 6 nitrogen and oxygen atoms in total. The van der Waals surface area contributed by atoms with E-state index in [1.54, 1.807) is 12.1 Å². The number of rotatable bonds is 6. The van der Waals surface area contributed by atoms with E-state index in [0.717, 1.165) is 10.9 Å². The Bertz CT molecular complexity index is 1120. The minimum absolute atomic E-state index is 0.00151. The van der Waals surface area contributed by atoms with Crippen LogP contribution in [0.3, 0.4) is 0 Å². The number of aromatic amines is 1. The number of H-pyrrole nitrogens is 1. The molecule has 0 aliphatic heterocycles. The largest absolute Gasteiger partial charge is 0.496 e. The summed E-state index contributed by atoms with van der Waals surface area (Å²) < 4.78 is 16.0. The number of ether oxygens (including phenoxy) is 3. The van der Waals surface area contributed by atoms with Crippen LogP contribution in [0, 0.1) is 18.3 Å². The average Bonchev–Trinajstić information content (AvgIpc) is 3.06. The van der Waals surface area contributed by atoms with Crippen LogP contribution < -0.4 is 14.2 Å². The second-order valence-electron chi connectivity index (χ2n) is 6.12. The number of hydrogen-bond donors (Lipinski definition) is 1. The second kappa shape index (κ2) is 7.89. The van der Waals surface area contributed by atoms with Crippen LogP contribution in [0.4, 0.5) is 0 Å². The van der Waals surface area contributed by atoms with Crippen molar-refractivity contribution in [2.45, 2.75) is 6.92 Å². The zero-order chi connectivity index (χ0) is 20.3. The van der Waals surface area contributed by atoms with Gasteiger partial charge in [-0.1, -0.05) is 18.2 Å². The standard InChI is InChI=1S/C22H20N2O4/c1-13-21(16-7-5-6-8-17(16)24-13)22(25)15(12-23)9-14-10-19(27-3)20(28-4)11-18(14)26-2/h5-11,24H,1-4H3. The molecule has 0 saturated carbocycles. The molecule has 0 aliphatic rings. The Morgan fingerprint density at radius 1 is 1.04 bits per heavy atom. The van der Waals surface area contributed by atoms with E-state index >= 15 is 0 Å². The first-order valence-electron chi connectivity index (χ1n) is 8.57. The van der Waals surface area contributed by atoms with Crippen LogP contribution in [0.1, 0.15) is 21.6 Å². The number of carbonyl (C=O) groups is 1. The van der Waals surface area contributed by atoms with Gasteiger partial charge in [-0.05, 0) is 25.1 Å². The van der Waals surface area contributed by atoms with Crippen molar-refractivity contribution in [1.82, 2.24) is 4.98 Å². The molecular formula is C22H20N2O4.